The van der Waals surface area contributed by atoms with E-state index in [1.165, 1.54) is 13.0 Å². The van der Waals surface area contributed by atoms with Crippen LogP contribution in [-0.2, 0) is 14.8 Å². The number of carboxylic acids is 1. The third kappa shape index (κ3) is 3.77. The van der Waals surface area contributed by atoms with Crippen LogP contribution in [0.4, 0.5) is 0 Å². The maximum Gasteiger partial charge on any atom is 0.321 e. The number of aliphatic carboxylic acids is 1. The molecule has 0 aliphatic heterocycles. The van der Waals surface area contributed by atoms with E-state index < -0.39 is 22.0 Å². The molecule has 0 saturated carbocycles. The summed E-state index contributed by atoms with van der Waals surface area (Å²) in [6.07, 6.45) is 0. The minimum atomic E-state index is -3.87. The van der Waals surface area contributed by atoms with Gasteiger partial charge in [-0.1, -0.05) is 15.9 Å². The summed E-state index contributed by atoms with van der Waals surface area (Å²) in [7, 11) is -3.87. The number of benzene rings is 1. The summed E-state index contributed by atoms with van der Waals surface area (Å²) < 4.78 is 26.8. The van der Waals surface area contributed by atoms with E-state index in [2.05, 4.69) is 36.6 Å². The molecule has 1 unspecified atom stereocenters. The number of rotatable bonds is 4. The number of carbonyl (C=O) groups is 1. The van der Waals surface area contributed by atoms with Crippen LogP contribution < -0.4 is 4.72 Å². The van der Waals surface area contributed by atoms with Crippen molar-refractivity contribution in [2.75, 3.05) is 0 Å². The normalized spacial score (nSPS) is 13.4. The van der Waals surface area contributed by atoms with Gasteiger partial charge in [-0.05, 0) is 41.1 Å². The Morgan fingerprint density at radius 3 is 2.53 bits per heavy atom. The summed E-state index contributed by atoms with van der Waals surface area (Å²) in [5.41, 5.74) is 0. The SMILES string of the molecule is CC(NS(=O)(=O)c1cc(Br)ccc1Br)C(=O)O. The topological polar surface area (TPSA) is 83.5 Å². The van der Waals surface area contributed by atoms with Crippen LogP contribution in [0.1, 0.15) is 6.92 Å². The van der Waals surface area contributed by atoms with Gasteiger partial charge < -0.3 is 5.11 Å². The van der Waals surface area contributed by atoms with Crippen LogP contribution in [0.2, 0.25) is 0 Å². The molecular formula is C9H9Br2NO4S. The first-order valence-electron chi connectivity index (χ1n) is 4.44. The lowest BCUT2D eigenvalue weighted by molar-refractivity contribution is -0.138. The summed E-state index contributed by atoms with van der Waals surface area (Å²) in [5, 5.41) is 8.67. The van der Waals surface area contributed by atoms with Gasteiger partial charge in [0.2, 0.25) is 10.0 Å². The highest BCUT2D eigenvalue weighted by molar-refractivity contribution is 9.11. The number of halogens is 2. The number of hydrogen-bond donors (Lipinski definition) is 2. The predicted octanol–water partition coefficient (Wildman–Crippen LogP) is 1.96. The Kier molecular flexibility index (Phi) is 4.70. The molecule has 0 bridgehead atoms. The van der Waals surface area contributed by atoms with Gasteiger partial charge >= 0.3 is 5.97 Å². The highest BCUT2D eigenvalue weighted by atomic mass is 79.9. The molecule has 0 heterocycles. The van der Waals surface area contributed by atoms with Crippen LogP contribution in [-0.4, -0.2) is 25.5 Å². The number of nitrogens with one attached hydrogen (secondary N) is 1. The molecule has 1 aromatic rings. The Morgan fingerprint density at radius 2 is 2.00 bits per heavy atom. The first-order valence-corrected chi connectivity index (χ1v) is 7.51. The first-order chi connectivity index (χ1) is 7.74. The number of carboxylic acid groups (broad SMARTS) is 1. The molecule has 94 valence electrons. The third-order valence-corrected chi connectivity index (χ3v) is 4.91. The maximum absolute atomic E-state index is 11.9. The molecule has 0 aliphatic carbocycles. The standard InChI is InChI=1S/C9H9Br2NO4S/c1-5(9(13)14)12-17(15,16)8-4-6(10)2-3-7(8)11/h2-5,12H,1H3,(H,13,14). The van der Waals surface area contributed by atoms with Crippen molar-refractivity contribution in [3.05, 3.63) is 27.1 Å². The second kappa shape index (κ2) is 5.47. The maximum atomic E-state index is 11.9. The van der Waals surface area contributed by atoms with E-state index in [-0.39, 0.29) is 4.90 Å². The molecule has 8 heteroatoms. The van der Waals surface area contributed by atoms with E-state index in [1.807, 2.05) is 0 Å². The molecule has 0 aliphatic rings. The van der Waals surface area contributed by atoms with Gasteiger partial charge in [-0.25, -0.2) is 8.42 Å². The molecule has 1 aromatic carbocycles. The zero-order chi connectivity index (χ0) is 13.2. The quantitative estimate of drug-likeness (QED) is 0.828. The fraction of sp³-hybridized carbons (Fsp3) is 0.222. The monoisotopic (exact) mass is 385 g/mol. The van der Waals surface area contributed by atoms with E-state index in [4.69, 9.17) is 5.11 Å². The van der Waals surface area contributed by atoms with Crippen molar-refractivity contribution in [1.82, 2.24) is 4.72 Å². The molecular weight excluding hydrogens is 378 g/mol. The predicted molar refractivity (Wildman–Crippen MR) is 69.3 cm³/mol. The first kappa shape index (κ1) is 14.6. The highest BCUT2D eigenvalue weighted by Crippen LogP contribution is 2.25. The van der Waals surface area contributed by atoms with Crippen LogP contribution >= 0.6 is 31.9 Å². The summed E-state index contributed by atoms with van der Waals surface area (Å²) in [6.45, 7) is 1.26. The van der Waals surface area contributed by atoms with Gasteiger partial charge in [0.25, 0.3) is 0 Å². The molecule has 0 radical (unpaired) electrons. The Hall–Kier alpha value is -0.440. The Bertz CT molecular complexity index is 544. The van der Waals surface area contributed by atoms with E-state index in [0.29, 0.717) is 8.95 Å². The molecule has 0 saturated heterocycles. The van der Waals surface area contributed by atoms with Gasteiger partial charge in [0.15, 0.2) is 0 Å². The highest BCUT2D eigenvalue weighted by Gasteiger charge is 2.23. The van der Waals surface area contributed by atoms with Gasteiger partial charge in [0.05, 0.1) is 4.90 Å². The van der Waals surface area contributed by atoms with E-state index in [0.717, 1.165) is 0 Å². The van der Waals surface area contributed by atoms with Crippen LogP contribution in [0.3, 0.4) is 0 Å². The average Bonchev–Trinajstić information content (AvgIpc) is 2.20. The molecule has 0 amide bonds. The fourth-order valence-electron chi connectivity index (χ4n) is 1.03. The fourth-order valence-corrected chi connectivity index (χ4v) is 3.73. The van der Waals surface area contributed by atoms with Crippen molar-refractivity contribution in [1.29, 1.82) is 0 Å². The number of sulfonamides is 1. The number of hydrogen-bond acceptors (Lipinski definition) is 3. The lowest BCUT2D eigenvalue weighted by atomic mass is 10.4. The summed E-state index contributed by atoms with van der Waals surface area (Å²) >= 11 is 6.26. The smallest absolute Gasteiger partial charge is 0.321 e. The van der Waals surface area contributed by atoms with Gasteiger partial charge in [0.1, 0.15) is 6.04 Å². The lowest BCUT2D eigenvalue weighted by Gasteiger charge is -2.11. The van der Waals surface area contributed by atoms with Crippen molar-refractivity contribution in [2.45, 2.75) is 17.9 Å². The minimum Gasteiger partial charge on any atom is -0.480 e. The molecule has 1 rings (SSSR count). The van der Waals surface area contributed by atoms with Crippen molar-refractivity contribution in [2.24, 2.45) is 0 Å². The molecule has 2 N–H and O–H groups in total. The van der Waals surface area contributed by atoms with Gasteiger partial charge in [-0.15, -0.1) is 0 Å². The minimum absolute atomic E-state index is 0.0139. The van der Waals surface area contributed by atoms with E-state index in [1.54, 1.807) is 12.1 Å². The van der Waals surface area contributed by atoms with Crippen LogP contribution in [0.15, 0.2) is 32.0 Å². The van der Waals surface area contributed by atoms with Crippen molar-refractivity contribution in [3.63, 3.8) is 0 Å². The van der Waals surface area contributed by atoms with Crippen LogP contribution in [0, 0.1) is 0 Å². The zero-order valence-corrected chi connectivity index (χ0v) is 12.6. The second-order valence-corrected chi connectivity index (χ2v) is 6.71. The Balaban J connectivity index is 3.13. The van der Waals surface area contributed by atoms with Gasteiger partial charge in [0, 0.05) is 8.95 Å². The molecule has 1 atom stereocenters. The molecule has 0 spiro atoms. The molecule has 5 nitrogen and oxygen atoms in total. The summed E-state index contributed by atoms with van der Waals surface area (Å²) in [4.78, 5) is 10.6. The summed E-state index contributed by atoms with van der Waals surface area (Å²) in [6, 6.07) is 3.43. The Labute approximate surface area is 116 Å². The third-order valence-electron chi connectivity index (χ3n) is 1.89. The summed E-state index contributed by atoms with van der Waals surface area (Å²) in [5.74, 6) is -1.24. The van der Waals surface area contributed by atoms with Crippen LogP contribution in [0.25, 0.3) is 0 Å². The molecule has 0 fully saturated rings. The largest absolute Gasteiger partial charge is 0.480 e. The zero-order valence-electron chi connectivity index (χ0n) is 8.65. The van der Waals surface area contributed by atoms with E-state index >= 15 is 0 Å². The Morgan fingerprint density at radius 1 is 1.41 bits per heavy atom. The van der Waals surface area contributed by atoms with Crippen molar-refractivity contribution in [3.8, 4) is 0 Å². The van der Waals surface area contributed by atoms with Gasteiger partial charge in [-0.2, -0.15) is 4.72 Å². The molecule has 17 heavy (non-hydrogen) atoms. The molecule has 0 aromatic heterocycles. The van der Waals surface area contributed by atoms with Crippen molar-refractivity contribution >= 4 is 47.9 Å². The lowest BCUT2D eigenvalue weighted by Crippen LogP contribution is -2.38. The van der Waals surface area contributed by atoms with Crippen LogP contribution in [0.5, 0.6) is 0 Å². The average molecular weight is 387 g/mol. The van der Waals surface area contributed by atoms with Gasteiger partial charge in [-0.3, -0.25) is 4.79 Å². The van der Waals surface area contributed by atoms with E-state index in [9.17, 15) is 13.2 Å². The second-order valence-electron chi connectivity index (χ2n) is 3.26. The van der Waals surface area contributed by atoms with Crippen molar-refractivity contribution < 1.29 is 18.3 Å².